The predicted molar refractivity (Wildman–Crippen MR) is 138 cm³/mol. The van der Waals surface area contributed by atoms with Crippen LogP contribution in [0.25, 0.3) is 6.08 Å². The maximum absolute atomic E-state index is 12.7. The van der Waals surface area contributed by atoms with E-state index in [4.69, 9.17) is 4.74 Å². The summed E-state index contributed by atoms with van der Waals surface area (Å²) in [5.74, 6) is -0.344. The average Bonchev–Trinajstić information content (AvgIpc) is 2.96. The van der Waals surface area contributed by atoms with Crippen molar-refractivity contribution in [2.45, 2.75) is 0 Å². The molecule has 0 radical (unpaired) electrons. The molecule has 0 saturated carbocycles. The van der Waals surface area contributed by atoms with Gasteiger partial charge in [-0.15, -0.1) is 0 Å². The highest BCUT2D eigenvalue weighted by Crippen LogP contribution is 2.37. The average molecular weight is 678 g/mol. The first-order valence-electron chi connectivity index (χ1n) is 8.82. The van der Waals surface area contributed by atoms with E-state index < -0.39 is 17.1 Å². The van der Waals surface area contributed by atoms with Crippen molar-refractivity contribution in [2.24, 2.45) is 0 Å². The zero-order chi connectivity index (χ0) is 22.5. The number of rotatable bonds is 7. The molecule has 6 nitrogen and oxygen atoms in total. The zero-order valence-corrected chi connectivity index (χ0v) is 22.0. The largest absolute Gasteiger partial charge is 0.487 e. The second-order valence-electron chi connectivity index (χ2n) is 6.24. The molecule has 0 aliphatic carbocycles. The van der Waals surface area contributed by atoms with Gasteiger partial charge < -0.3 is 10.1 Å². The Labute approximate surface area is 213 Å². The molecule has 0 atom stereocenters. The van der Waals surface area contributed by atoms with E-state index in [1.807, 2.05) is 12.1 Å². The molecule has 0 aromatic heterocycles. The Kier molecular flexibility index (Phi) is 8.36. The molecule has 0 spiro atoms. The molecule has 3 amide bonds. The quantitative estimate of drug-likeness (QED) is 0.219. The molecule has 1 saturated heterocycles. The molecule has 160 valence electrons. The molecule has 2 aromatic carbocycles. The van der Waals surface area contributed by atoms with E-state index in [9.17, 15) is 14.4 Å². The fourth-order valence-corrected chi connectivity index (χ4v) is 5.26. The predicted octanol–water partition coefficient (Wildman–Crippen LogP) is 6.06. The molecule has 1 aliphatic heterocycles. The first-order valence-corrected chi connectivity index (χ1v) is 12.3. The molecule has 1 N–H and O–H groups in total. The van der Waals surface area contributed by atoms with Crippen LogP contribution in [0.15, 0.2) is 62.9 Å². The molecule has 0 unspecified atom stereocenters. The lowest BCUT2D eigenvalue weighted by Gasteiger charge is -2.12. The van der Waals surface area contributed by atoms with Gasteiger partial charge >= 0.3 is 0 Å². The SMILES string of the molecule is C=CCOc1c(Br)cc(/C=C2\SC(=O)N(CC(=O)Nc3ccc(I)cc3)C2=O)cc1Br. The summed E-state index contributed by atoms with van der Waals surface area (Å²) in [5, 5.41) is 2.20. The van der Waals surface area contributed by atoms with Crippen LogP contribution in [-0.2, 0) is 9.59 Å². The van der Waals surface area contributed by atoms with Gasteiger partial charge in [0.2, 0.25) is 5.91 Å². The van der Waals surface area contributed by atoms with Crippen molar-refractivity contribution < 1.29 is 19.1 Å². The van der Waals surface area contributed by atoms with Gasteiger partial charge in [-0.05, 0) is 114 Å². The van der Waals surface area contributed by atoms with Crippen LogP contribution in [-0.4, -0.2) is 35.1 Å². The highest BCUT2D eigenvalue weighted by Gasteiger charge is 2.36. The maximum atomic E-state index is 12.7. The van der Waals surface area contributed by atoms with Crippen molar-refractivity contribution >= 4 is 95.0 Å². The number of carbonyl (C=O) groups is 3. The third kappa shape index (κ3) is 6.21. The Balaban J connectivity index is 1.72. The summed E-state index contributed by atoms with van der Waals surface area (Å²) in [6.45, 7) is 3.62. The molecule has 1 aliphatic rings. The summed E-state index contributed by atoms with van der Waals surface area (Å²) in [5.41, 5.74) is 1.29. The van der Waals surface area contributed by atoms with Crippen molar-refractivity contribution in [3.05, 3.63) is 72.0 Å². The van der Waals surface area contributed by atoms with Gasteiger partial charge in [-0.3, -0.25) is 19.3 Å². The second kappa shape index (κ2) is 10.8. The van der Waals surface area contributed by atoms with Crippen molar-refractivity contribution in [1.82, 2.24) is 4.90 Å². The molecule has 10 heteroatoms. The molecule has 2 aromatic rings. The van der Waals surface area contributed by atoms with Crippen LogP contribution < -0.4 is 10.1 Å². The number of hydrogen-bond acceptors (Lipinski definition) is 5. The number of nitrogens with zero attached hydrogens (tertiary/aromatic N) is 1. The van der Waals surface area contributed by atoms with Gasteiger partial charge in [0.1, 0.15) is 18.9 Å². The van der Waals surface area contributed by atoms with Crippen LogP contribution in [0.1, 0.15) is 5.56 Å². The highest BCUT2D eigenvalue weighted by atomic mass is 127. The van der Waals surface area contributed by atoms with Crippen LogP contribution in [0.5, 0.6) is 5.75 Å². The van der Waals surface area contributed by atoms with E-state index in [0.717, 1.165) is 20.2 Å². The molecule has 3 rings (SSSR count). The number of hydrogen-bond donors (Lipinski definition) is 1. The van der Waals surface area contributed by atoms with Crippen molar-refractivity contribution in [3.8, 4) is 5.75 Å². The number of nitrogens with one attached hydrogen (secondary N) is 1. The fraction of sp³-hybridized carbons (Fsp3) is 0.0952. The van der Waals surface area contributed by atoms with Crippen LogP contribution in [0.3, 0.4) is 0 Å². The highest BCUT2D eigenvalue weighted by molar-refractivity contribution is 14.1. The number of benzene rings is 2. The van der Waals surface area contributed by atoms with E-state index in [1.165, 1.54) is 0 Å². The Hall–Kier alpha value is -1.63. The normalized spacial score (nSPS) is 14.8. The van der Waals surface area contributed by atoms with E-state index in [-0.39, 0.29) is 11.4 Å². The first kappa shape index (κ1) is 24.0. The lowest BCUT2D eigenvalue weighted by Crippen LogP contribution is -2.36. The van der Waals surface area contributed by atoms with Crippen molar-refractivity contribution in [3.63, 3.8) is 0 Å². The molecule has 1 heterocycles. The smallest absolute Gasteiger partial charge is 0.294 e. The molecule has 1 fully saturated rings. The summed E-state index contributed by atoms with van der Waals surface area (Å²) in [4.78, 5) is 38.5. The van der Waals surface area contributed by atoms with E-state index in [0.29, 0.717) is 32.6 Å². The number of thioether (sulfide) groups is 1. The number of halogens is 3. The minimum Gasteiger partial charge on any atom is -0.487 e. The number of imide groups is 1. The van der Waals surface area contributed by atoms with Crippen molar-refractivity contribution in [2.75, 3.05) is 18.5 Å². The summed E-state index contributed by atoms with van der Waals surface area (Å²) < 4.78 is 7.99. The minimum absolute atomic E-state index is 0.241. The lowest BCUT2D eigenvalue weighted by molar-refractivity contribution is -0.127. The summed E-state index contributed by atoms with van der Waals surface area (Å²) in [6.07, 6.45) is 3.24. The van der Waals surface area contributed by atoms with Crippen LogP contribution in [0, 0.1) is 3.57 Å². The third-order valence-corrected chi connectivity index (χ3v) is 6.77. The fourth-order valence-electron chi connectivity index (χ4n) is 2.61. The van der Waals surface area contributed by atoms with E-state index in [2.05, 4.69) is 66.3 Å². The summed E-state index contributed by atoms with van der Waals surface area (Å²) >= 11 is 9.85. The number of anilines is 1. The van der Waals surface area contributed by atoms with Crippen molar-refractivity contribution in [1.29, 1.82) is 0 Å². The van der Waals surface area contributed by atoms with Gasteiger partial charge in [-0.25, -0.2) is 0 Å². The van der Waals surface area contributed by atoms with Gasteiger partial charge in [0.25, 0.3) is 11.1 Å². The van der Waals surface area contributed by atoms with Gasteiger partial charge in [-0.1, -0.05) is 12.7 Å². The number of ether oxygens (including phenoxy) is 1. The van der Waals surface area contributed by atoms with Crippen LogP contribution in [0.2, 0.25) is 0 Å². The van der Waals surface area contributed by atoms with Crippen LogP contribution in [0.4, 0.5) is 10.5 Å². The van der Waals surface area contributed by atoms with Gasteiger partial charge in [0.05, 0.1) is 13.9 Å². The van der Waals surface area contributed by atoms with Gasteiger partial charge in [0.15, 0.2) is 0 Å². The van der Waals surface area contributed by atoms with Gasteiger partial charge in [0, 0.05) is 9.26 Å². The van der Waals surface area contributed by atoms with Gasteiger partial charge in [-0.2, -0.15) is 0 Å². The molecular weight excluding hydrogens is 663 g/mol. The number of carbonyl (C=O) groups excluding carboxylic acids is 3. The second-order valence-corrected chi connectivity index (χ2v) is 10.2. The van der Waals surface area contributed by atoms with Crippen LogP contribution >= 0.6 is 66.2 Å². The standard InChI is InChI=1S/C21H15Br2IN2O4S/c1-2-7-30-19-15(22)8-12(9-16(19)23)10-17-20(28)26(21(29)31-17)11-18(27)25-14-5-3-13(24)4-6-14/h2-6,8-10H,1,7,11H2,(H,25,27)/b17-10-. The number of amides is 3. The summed E-state index contributed by atoms with van der Waals surface area (Å²) in [6, 6.07) is 10.8. The minimum atomic E-state index is -0.507. The van der Waals surface area contributed by atoms with E-state index in [1.54, 1.807) is 36.4 Å². The lowest BCUT2D eigenvalue weighted by atomic mass is 10.2. The molecule has 31 heavy (non-hydrogen) atoms. The topological polar surface area (TPSA) is 75.7 Å². The Bertz CT molecular complexity index is 1070. The Morgan fingerprint density at radius 1 is 1.19 bits per heavy atom. The molecule has 0 bridgehead atoms. The Morgan fingerprint density at radius 3 is 2.45 bits per heavy atom. The van der Waals surface area contributed by atoms with E-state index >= 15 is 0 Å². The Morgan fingerprint density at radius 2 is 1.84 bits per heavy atom. The summed E-state index contributed by atoms with van der Waals surface area (Å²) in [7, 11) is 0. The maximum Gasteiger partial charge on any atom is 0.294 e. The first-order chi connectivity index (χ1) is 14.8. The zero-order valence-electron chi connectivity index (χ0n) is 15.9. The molecular formula is C21H15Br2IN2O4S. The third-order valence-electron chi connectivity index (χ3n) is 3.97. The monoisotopic (exact) mass is 676 g/mol.